The van der Waals surface area contributed by atoms with Crippen molar-refractivity contribution in [2.24, 2.45) is 0 Å². The first-order valence-electron chi connectivity index (χ1n) is 9.03. The van der Waals surface area contributed by atoms with Crippen LogP contribution in [0.15, 0.2) is 72.8 Å². The van der Waals surface area contributed by atoms with E-state index in [1.165, 1.54) is 0 Å². The minimum atomic E-state index is -0.132. The summed E-state index contributed by atoms with van der Waals surface area (Å²) in [5.41, 5.74) is 4.49. The maximum atomic E-state index is 12.5. The van der Waals surface area contributed by atoms with Gasteiger partial charge in [0.25, 0.3) is 5.91 Å². The summed E-state index contributed by atoms with van der Waals surface area (Å²) in [4.78, 5) is 12.5. The van der Waals surface area contributed by atoms with Crippen LogP contribution in [-0.4, -0.2) is 20.9 Å². The molecule has 0 fully saturated rings. The molecule has 0 aliphatic carbocycles. The number of aromatic nitrogens is 3. The summed E-state index contributed by atoms with van der Waals surface area (Å²) in [5.74, 6) is -0.120. The number of hydrogen-bond donors (Lipinski definition) is 1. The van der Waals surface area contributed by atoms with E-state index >= 15 is 0 Å². The number of carbonyl (C=O) groups is 1. The normalized spacial score (nSPS) is 12.1. The fourth-order valence-electron chi connectivity index (χ4n) is 3.11. The second-order valence-electron chi connectivity index (χ2n) is 6.68. The SMILES string of the molecule is C[C@@H](NC(=O)c1ccc(Cn2nnc3ccccc32)cc1)c1cccc(Cl)c1. The molecule has 1 N–H and O–H groups in total. The molecule has 1 aromatic heterocycles. The van der Waals surface area contributed by atoms with Crippen LogP contribution in [-0.2, 0) is 6.54 Å². The monoisotopic (exact) mass is 390 g/mol. The second-order valence-corrected chi connectivity index (χ2v) is 7.12. The van der Waals surface area contributed by atoms with Gasteiger partial charge in [-0.15, -0.1) is 5.10 Å². The average molecular weight is 391 g/mol. The third-order valence-electron chi connectivity index (χ3n) is 4.66. The first kappa shape index (κ1) is 18.2. The van der Waals surface area contributed by atoms with Gasteiger partial charge in [0.15, 0.2) is 0 Å². The second kappa shape index (κ2) is 7.82. The first-order chi connectivity index (χ1) is 13.6. The van der Waals surface area contributed by atoms with Crippen molar-refractivity contribution in [3.63, 3.8) is 0 Å². The van der Waals surface area contributed by atoms with E-state index in [9.17, 15) is 4.79 Å². The van der Waals surface area contributed by atoms with Crippen LogP contribution < -0.4 is 5.32 Å². The summed E-state index contributed by atoms with van der Waals surface area (Å²) in [5, 5.41) is 12.0. The molecule has 0 aliphatic heterocycles. The highest BCUT2D eigenvalue weighted by Crippen LogP contribution is 2.18. The van der Waals surface area contributed by atoms with Crippen LogP contribution in [0.3, 0.4) is 0 Å². The van der Waals surface area contributed by atoms with Crippen LogP contribution in [0, 0.1) is 0 Å². The molecule has 1 amide bonds. The average Bonchev–Trinajstić information content (AvgIpc) is 3.11. The Balaban J connectivity index is 1.44. The van der Waals surface area contributed by atoms with Gasteiger partial charge < -0.3 is 5.32 Å². The summed E-state index contributed by atoms with van der Waals surface area (Å²) >= 11 is 6.03. The highest BCUT2D eigenvalue weighted by Gasteiger charge is 2.12. The van der Waals surface area contributed by atoms with Crippen molar-refractivity contribution < 1.29 is 4.79 Å². The molecule has 0 saturated heterocycles. The molecule has 0 aliphatic rings. The Morgan fingerprint density at radius 3 is 2.64 bits per heavy atom. The van der Waals surface area contributed by atoms with Gasteiger partial charge in [-0.2, -0.15) is 0 Å². The van der Waals surface area contributed by atoms with Gasteiger partial charge in [-0.1, -0.05) is 53.2 Å². The molecule has 0 unspecified atom stereocenters. The van der Waals surface area contributed by atoms with Gasteiger partial charge in [0.2, 0.25) is 0 Å². The number of nitrogens with one attached hydrogen (secondary N) is 1. The Labute approximate surface area is 167 Å². The van der Waals surface area contributed by atoms with Crippen LogP contribution in [0.5, 0.6) is 0 Å². The number of para-hydroxylation sites is 1. The maximum Gasteiger partial charge on any atom is 0.251 e. The molecule has 4 rings (SSSR count). The predicted octanol–water partition coefficient (Wildman–Crippen LogP) is 4.62. The number of carbonyl (C=O) groups excluding carboxylic acids is 1. The summed E-state index contributed by atoms with van der Waals surface area (Å²) in [6.07, 6.45) is 0. The third-order valence-corrected chi connectivity index (χ3v) is 4.90. The lowest BCUT2D eigenvalue weighted by Crippen LogP contribution is -2.26. The van der Waals surface area contributed by atoms with E-state index in [0.29, 0.717) is 17.1 Å². The van der Waals surface area contributed by atoms with Gasteiger partial charge in [-0.25, -0.2) is 4.68 Å². The van der Waals surface area contributed by atoms with Crippen LogP contribution in [0.25, 0.3) is 11.0 Å². The molecule has 28 heavy (non-hydrogen) atoms. The predicted molar refractivity (Wildman–Crippen MR) is 110 cm³/mol. The summed E-state index contributed by atoms with van der Waals surface area (Å²) in [6, 6.07) is 22.7. The minimum absolute atomic E-state index is 0.120. The number of halogens is 1. The van der Waals surface area contributed by atoms with Crippen LogP contribution >= 0.6 is 11.6 Å². The summed E-state index contributed by atoms with van der Waals surface area (Å²) in [7, 11) is 0. The lowest BCUT2D eigenvalue weighted by Gasteiger charge is -2.15. The van der Waals surface area contributed by atoms with Crippen molar-refractivity contribution in [2.75, 3.05) is 0 Å². The van der Waals surface area contributed by atoms with E-state index in [-0.39, 0.29) is 11.9 Å². The largest absolute Gasteiger partial charge is 0.346 e. The van der Waals surface area contributed by atoms with Crippen LogP contribution in [0.4, 0.5) is 0 Å². The Morgan fingerprint density at radius 1 is 1.07 bits per heavy atom. The van der Waals surface area contributed by atoms with E-state index in [1.54, 1.807) is 0 Å². The molecular formula is C22H19ClN4O. The molecular weight excluding hydrogens is 372 g/mol. The van der Waals surface area contributed by atoms with Crippen LogP contribution in [0.1, 0.15) is 34.5 Å². The number of hydrogen-bond acceptors (Lipinski definition) is 3. The van der Waals surface area contributed by atoms with Crippen molar-refractivity contribution in [2.45, 2.75) is 19.5 Å². The summed E-state index contributed by atoms with van der Waals surface area (Å²) < 4.78 is 1.85. The molecule has 0 bridgehead atoms. The molecule has 0 saturated carbocycles. The van der Waals surface area contributed by atoms with E-state index in [0.717, 1.165) is 22.2 Å². The van der Waals surface area contributed by atoms with Crippen LogP contribution in [0.2, 0.25) is 5.02 Å². The van der Waals surface area contributed by atoms with Crippen molar-refractivity contribution in [3.05, 3.63) is 94.5 Å². The van der Waals surface area contributed by atoms with Gasteiger partial charge in [-0.3, -0.25) is 4.79 Å². The van der Waals surface area contributed by atoms with Crippen molar-refractivity contribution in [1.29, 1.82) is 0 Å². The smallest absolute Gasteiger partial charge is 0.251 e. The number of amides is 1. The standard InChI is InChI=1S/C22H19ClN4O/c1-15(18-5-4-6-19(23)13-18)24-22(28)17-11-9-16(10-12-17)14-27-21-8-3-2-7-20(21)25-26-27/h2-13,15H,14H2,1H3,(H,24,28)/t15-/m1/s1. The number of benzene rings is 3. The molecule has 140 valence electrons. The van der Waals surface area contributed by atoms with E-state index in [4.69, 9.17) is 11.6 Å². The lowest BCUT2D eigenvalue weighted by atomic mass is 10.1. The Morgan fingerprint density at radius 2 is 1.86 bits per heavy atom. The molecule has 0 radical (unpaired) electrons. The van der Waals surface area contributed by atoms with E-state index in [1.807, 2.05) is 84.4 Å². The zero-order valence-electron chi connectivity index (χ0n) is 15.3. The number of nitrogens with zero attached hydrogens (tertiary/aromatic N) is 3. The Hall–Kier alpha value is -3.18. The molecule has 1 atom stereocenters. The summed E-state index contributed by atoms with van der Waals surface area (Å²) in [6.45, 7) is 2.54. The van der Waals surface area contributed by atoms with E-state index in [2.05, 4.69) is 15.6 Å². The fraction of sp³-hybridized carbons (Fsp3) is 0.136. The maximum absolute atomic E-state index is 12.5. The van der Waals surface area contributed by atoms with Gasteiger partial charge in [0, 0.05) is 10.6 Å². The topological polar surface area (TPSA) is 59.8 Å². The third kappa shape index (κ3) is 3.89. The molecule has 5 nitrogen and oxygen atoms in total. The first-order valence-corrected chi connectivity index (χ1v) is 9.41. The highest BCUT2D eigenvalue weighted by molar-refractivity contribution is 6.30. The quantitative estimate of drug-likeness (QED) is 0.540. The zero-order valence-corrected chi connectivity index (χ0v) is 16.1. The molecule has 6 heteroatoms. The van der Waals surface area contributed by atoms with Gasteiger partial charge in [0.05, 0.1) is 18.1 Å². The van der Waals surface area contributed by atoms with Gasteiger partial charge >= 0.3 is 0 Å². The molecule has 4 aromatic rings. The highest BCUT2D eigenvalue weighted by atomic mass is 35.5. The zero-order chi connectivity index (χ0) is 19.5. The fourth-order valence-corrected chi connectivity index (χ4v) is 3.31. The van der Waals surface area contributed by atoms with Crippen molar-refractivity contribution in [1.82, 2.24) is 20.3 Å². The Kier molecular flexibility index (Phi) is 5.08. The minimum Gasteiger partial charge on any atom is -0.346 e. The number of fused-ring (bicyclic) bond motifs is 1. The number of rotatable bonds is 5. The van der Waals surface area contributed by atoms with Gasteiger partial charge in [-0.05, 0) is 54.4 Å². The lowest BCUT2D eigenvalue weighted by molar-refractivity contribution is 0.0940. The Bertz CT molecular complexity index is 1120. The van der Waals surface area contributed by atoms with E-state index < -0.39 is 0 Å². The molecule has 0 spiro atoms. The van der Waals surface area contributed by atoms with Gasteiger partial charge in [0.1, 0.15) is 5.52 Å². The van der Waals surface area contributed by atoms with Crippen molar-refractivity contribution in [3.8, 4) is 0 Å². The van der Waals surface area contributed by atoms with Crippen molar-refractivity contribution >= 4 is 28.5 Å². The molecule has 1 heterocycles. The molecule has 3 aromatic carbocycles.